The van der Waals surface area contributed by atoms with E-state index >= 15 is 0 Å². The fraction of sp³-hybridized carbons (Fsp3) is 0.462. The van der Waals surface area contributed by atoms with E-state index in [2.05, 4.69) is 0 Å². The van der Waals surface area contributed by atoms with Gasteiger partial charge in [0.1, 0.15) is 5.82 Å². The molecule has 17 heavy (non-hydrogen) atoms. The molecule has 1 aromatic carbocycles. The number of hydrogen-bond donors (Lipinski definition) is 0. The second-order valence-electron chi connectivity index (χ2n) is 4.04. The molecular weight excluding hydrogens is 221 g/mol. The van der Waals surface area contributed by atoms with E-state index in [1.807, 2.05) is 0 Å². The third-order valence-corrected chi connectivity index (χ3v) is 2.59. The van der Waals surface area contributed by atoms with Crippen molar-refractivity contribution in [3.63, 3.8) is 0 Å². The summed E-state index contributed by atoms with van der Waals surface area (Å²) >= 11 is 0. The molecule has 0 aliphatic rings. The summed E-state index contributed by atoms with van der Waals surface area (Å²) in [5.74, 6) is -0.382. The van der Waals surface area contributed by atoms with E-state index in [1.165, 1.54) is 12.1 Å². The monoisotopic (exact) mass is 239 g/mol. The van der Waals surface area contributed by atoms with Gasteiger partial charge < -0.3 is 9.64 Å². The molecule has 0 N–H and O–H groups in total. The van der Waals surface area contributed by atoms with Gasteiger partial charge in [0.25, 0.3) is 5.91 Å². The number of methoxy groups -OCH3 is 1. The van der Waals surface area contributed by atoms with Crippen LogP contribution in [0.3, 0.4) is 0 Å². The van der Waals surface area contributed by atoms with Gasteiger partial charge in [-0.2, -0.15) is 0 Å². The fourth-order valence-electron chi connectivity index (χ4n) is 1.55. The lowest BCUT2D eigenvalue weighted by atomic mass is 10.1. The normalized spacial score (nSPS) is 10.4. The van der Waals surface area contributed by atoms with E-state index in [-0.39, 0.29) is 11.7 Å². The minimum absolute atomic E-state index is 0.0933. The standard InChI is InChI=1S/C13H18FNO2/c1-10-9-11(5-6-12(10)14)13(16)15(2)7-4-8-17-3/h5-6,9H,4,7-8H2,1-3H3. The molecule has 0 atom stereocenters. The van der Waals surface area contributed by atoms with E-state index in [4.69, 9.17) is 4.74 Å². The lowest BCUT2D eigenvalue weighted by Crippen LogP contribution is -2.28. The molecule has 1 amide bonds. The summed E-state index contributed by atoms with van der Waals surface area (Å²) in [5.41, 5.74) is 1.00. The van der Waals surface area contributed by atoms with Crippen LogP contribution >= 0.6 is 0 Å². The third kappa shape index (κ3) is 3.82. The zero-order valence-electron chi connectivity index (χ0n) is 10.5. The molecule has 0 fully saturated rings. The summed E-state index contributed by atoms with van der Waals surface area (Å²) in [5, 5.41) is 0. The Morgan fingerprint density at radius 1 is 1.47 bits per heavy atom. The maximum absolute atomic E-state index is 13.1. The minimum atomic E-state index is -0.288. The summed E-state index contributed by atoms with van der Waals surface area (Å²) in [7, 11) is 3.36. The van der Waals surface area contributed by atoms with Gasteiger partial charge in [-0.1, -0.05) is 0 Å². The summed E-state index contributed by atoms with van der Waals surface area (Å²) in [6, 6.07) is 4.41. The van der Waals surface area contributed by atoms with Crippen LogP contribution in [0.15, 0.2) is 18.2 Å². The lowest BCUT2D eigenvalue weighted by molar-refractivity contribution is 0.0779. The number of hydrogen-bond acceptors (Lipinski definition) is 2. The Kier molecular flexibility index (Phi) is 5.10. The maximum Gasteiger partial charge on any atom is 0.253 e. The molecule has 4 heteroatoms. The summed E-state index contributed by atoms with van der Waals surface area (Å²) in [4.78, 5) is 13.6. The number of carbonyl (C=O) groups is 1. The molecule has 0 aliphatic heterocycles. The molecule has 0 unspecified atom stereocenters. The number of amides is 1. The van der Waals surface area contributed by atoms with Crippen molar-refractivity contribution in [2.24, 2.45) is 0 Å². The molecule has 1 rings (SSSR count). The highest BCUT2D eigenvalue weighted by Crippen LogP contribution is 2.11. The Morgan fingerprint density at radius 2 is 2.18 bits per heavy atom. The van der Waals surface area contributed by atoms with E-state index in [0.717, 1.165) is 6.42 Å². The average Bonchev–Trinajstić information content (AvgIpc) is 2.32. The first-order valence-corrected chi connectivity index (χ1v) is 5.57. The molecular formula is C13H18FNO2. The predicted molar refractivity (Wildman–Crippen MR) is 64.6 cm³/mol. The number of nitrogens with zero attached hydrogens (tertiary/aromatic N) is 1. The van der Waals surface area contributed by atoms with Crippen molar-refractivity contribution < 1.29 is 13.9 Å². The summed E-state index contributed by atoms with van der Waals surface area (Å²) in [6.07, 6.45) is 0.791. The topological polar surface area (TPSA) is 29.5 Å². The highest BCUT2D eigenvalue weighted by Gasteiger charge is 2.12. The van der Waals surface area contributed by atoms with Crippen LogP contribution in [-0.2, 0) is 4.74 Å². The predicted octanol–water partition coefficient (Wildman–Crippen LogP) is 2.24. The third-order valence-electron chi connectivity index (χ3n) is 2.59. The molecule has 0 saturated carbocycles. The first kappa shape index (κ1) is 13.6. The molecule has 0 spiro atoms. The van der Waals surface area contributed by atoms with E-state index in [1.54, 1.807) is 32.0 Å². The fourth-order valence-corrected chi connectivity index (χ4v) is 1.55. The Bertz CT molecular complexity index is 393. The van der Waals surface area contributed by atoms with Crippen LogP contribution in [0.25, 0.3) is 0 Å². The van der Waals surface area contributed by atoms with Crippen LogP contribution in [0, 0.1) is 12.7 Å². The lowest BCUT2D eigenvalue weighted by Gasteiger charge is -2.17. The first-order valence-electron chi connectivity index (χ1n) is 5.57. The van der Waals surface area contributed by atoms with Crippen LogP contribution in [0.5, 0.6) is 0 Å². The molecule has 0 aliphatic carbocycles. The quantitative estimate of drug-likeness (QED) is 0.737. The van der Waals surface area contributed by atoms with E-state index in [0.29, 0.717) is 24.3 Å². The second-order valence-corrected chi connectivity index (χ2v) is 4.04. The number of benzene rings is 1. The summed E-state index contributed by atoms with van der Waals surface area (Å²) < 4.78 is 18.0. The Balaban J connectivity index is 2.65. The van der Waals surface area contributed by atoms with Gasteiger partial charge in [-0.25, -0.2) is 4.39 Å². The van der Waals surface area contributed by atoms with Gasteiger partial charge in [0, 0.05) is 32.9 Å². The Morgan fingerprint density at radius 3 is 2.76 bits per heavy atom. The highest BCUT2D eigenvalue weighted by atomic mass is 19.1. The zero-order chi connectivity index (χ0) is 12.8. The van der Waals surface area contributed by atoms with Crippen LogP contribution in [0.4, 0.5) is 4.39 Å². The van der Waals surface area contributed by atoms with Crippen molar-refractivity contribution in [2.75, 3.05) is 27.3 Å². The number of carbonyl (C=O) groups excluding carboxylic acids is 1. The first-order chi connectivity index (χ1) is 8.06. The number of halogens is 1. The molecule has 1 aromatic rings. The molecule has 0 heterocycles. The van der Waals surface area contributed by atoms with Crippen molar-refractivity contribution >= 4 is 5.91 Å². The Labute approximate surface area is 101 Å². The molecule has 0 saturated heterocycles. The van der Waals surface area contributed by atoms with E-state index in [9.17, 15) is 9.18 Å². The molecule has 3 nitrogen and oxygen atoms in total. The van der Waals surface area contributed by atoms with Crippen molar-refractivity contribution in [1.82, 2.24) is 4.90 Å². The average molecular weight is 239 g/mol. The second kappa shape index (κ2) is 6.35. The van der Waals surface area contributed by atoms with Gasteiger partial charge in [0.15, 0.2) is 0 Å². The van der Waals surface area contributed by atoms with Crippen molar-refractivity contribution in [2.45, 2.75) is 13.3 Å². The smallest absolute Gasteiger partial charge is 0.253 e. The van der Waals surface area contributed by atoms with Crippen LogP contribution in [0.2, 0.25) is 0 Å². The van der Waals surface area contributed by atoms with Crippen LogP contribution < -0.4 is 0 Å². The van der Waals surface area contributed by atoms with E-state index < -0.39 is 0 Å². The minimum Gasteiger partial charge on any atom is -0.385 e. The number of ether oxygens (including phenoxy) is 1. The SMILES string of the molecule is COCCCN(C)C(=O)c1ccc(F)c(C)c1. The van der Waals surface area contributed by atoms with Gasteiger partial charge in [-0.15, -0.1) is 0 Å². The largest absolute Gasteiger partial charge is 0.385 e. The summed E-state index contributed by atoms with van der Waals surface area (Å²) in [6.45, 7) is 2.90. The van der Waals surface area contributed by atoms with Gasteiger partial charge in [-0.3, -0.25) is 4.79 Å². The zero-order valence-corrected chi connectivity index (χ0v) is 10.5. The number of aryl methyl sites for hydroxylation is 1. The maximum atomic E-state index is 13.1. The van der Waals surface area contributed by atoms with Gasteiger partial charge in [-0.05, 0) is 37.1 Å². The molecule has 0 aromatic heterocycles. The van der Waals surface area contributed by atoms with Crippen LogP contribution in [-0.4, -0.2) is 38.1 Å². The van der Waals surface area contributed by atoms with Gasteiger partial charge >= 0.3 is 0 Å². The van der Waals surface area contributed by atoms with Crippen LogP contribution in [0.1, 0.15) is 22.3 Å². The van der Waals surface area contributed by atoms with Gasteiger partial charge in [0.05, 0.1) is 0 Å². The van der Waals surface area contributed by atoms with Crippen molar-refractivity contribution in [3.8, 4) is 0 Å². The van der Waals surface area contributed by atoms with Crippen molar-refractivity contribution in [1.29, 1.82) is 0 Å². The molecule has 0 bridgehead atoms. The highest BCUT2D eigenvalue weighted by molar-refractivity contribution is 5.94. The number of rotatable bonds is 5. The Hall–Kier alpha value is -1.42. The molecule has 0 radical (unpaired) electrons. The van der Waals surface area contributed by atoms with Gasteiger partial charge in [0.2, 0.25) is 0 Å². The molecule has 94 valence electrons. The van der Waals surface area contributed by atoms with Crippen molar-refractivity contribution in [3.05, 3.63) is 35.1 Å².